The number of benzene rings is 1. The number of terminal acetylenes is 1. The van der Waals surface area contributed by atoms with Gasteiger partial charge in [0.25, 0.3) is 10.0 Å². The molecule has 1 heterocycles. The second-order valence-electron chi connectivity index (χ2n) is 5.02. The van der Waals surface area contributed by atoms with Crippen LogP contribution in [0.5, 0.6) is 11.6 Å². The third-order valence-electron chi connectivity index (χ3n) is 3.00. The zero-order valence-electron chi connectivity index (χ0n) is 14.3. The van der Waals surface area contributed by atoms with Crippen molar-refractivity contribution in [3.63, 3.8) is 0 Å². The maximum absolute atomic E-state index is 13.5. The number of urea groups is 1. The van der Waals surface area contributed by atoms with E-state index in [1.54, 1.807) is 11.6 Å². The molecule has 2 N–H and O–H groups in total. The number of amides is 2. The second-order valence-corrected chi connectivity index (χ2v) is 6.67. The van der Waals surface area contributed by atoms with Gasteiger partial charge in [-0.1, -0.05) is 5.92 Å². The van der Waals surface area contributed by atoms with E-state index in [-0.39, 0.29) is 24.2 Å². The Hall–Kier alpha value is -3.39. The topological polar surface area (TPSA) is 120 Å². The second kappa shape index (κ2) is 8.33. The van der Waals surface area contributed by atoms with Crippen molar-refractivity contribution in [2.45, 2.75) is 11.8 Å². The van der Waals surface area contributed by atoms with Crippen LogP contribution in [0.15, 0.2) is 29.2 Å². The Morgan fingerprint density at radius 3 is 2.74 bits per heavy atom. The van der Waals surface area contributed by atoms with Crippen LogP contribution in [0, 0.1) is 25.1 Å². The fourth-order valence-corrected chi connectivity index (χ4v) is 3.00. The molecule has 0 saturated heterocycles. The maximum Gasteiger partial charge on any atom is 0.335 e. The fourth-order valence-electron chi connectivity index (χ4n) is 1.93. The minimum atomic E-state index is -4.47. The summed E-state index contributed by atoms with van der Waals surface area (Å²) in [7, 11) is -3.10. The number of hydrogen-bond acceptors (Lipinski definition) is 7. The van der Waals surface area contributed by atoms with Crippen LogP contribution in [0.3, 0.4) is 0 Å². The first-order valence-corrected chi connectivity index (χ1v) is 8.83. The SMILES string of the molecule is C#CCOc1ccc(F)cc1S(=O)(=O)NC(=O)Nc1nc(C)cc(OC)n1. The third-order valence-corrected chi connectivity index (χ3v) is 4.35. The van der Waals surface area contributed by atoms with Gasteiger partial charge in [0.1, 0.15) is 23.1 Å². The van der Waals surface area contributed by atoms with E-state index in [2.05, 4.69) is 21.2 Å². The Balaban J connectivity index is 2.23. The van der Waals surface area contributed by atoms with E-state index >= 15 is 0 Å². The first-order chi connectivity index (χ1) is 12.7. The smallest absolute Gasteiger partial charge is 0.335 e. The van der Waals surface area contributed by atoms with Gasteiger partial charge >= 0.3 is 6.03 Å². The van der Waals surface area contributed by atoms with Crippen molar-refractivity contribution in [1.29, 1.82) is 0 Å². The van der Waals surface area contributed by atoms with Crippen molar-refractivity contribution in [3.05, 3.63) is 35.8 Å². The van der Waals surface area contributed by atoms with Gasteiger partial charge in [0.15, 0.2) is 0 Å². The van der Waals surface area contributed by atoms with E-state index in [4.69, 9.17) is 15.9 Å². The average molecular weight is 394 g/mol. The van der Waals surface area contributed by atoms with Crippen molar-refractivity contribution < 1.29 is 27.1 Å². The summed E-state index contributed by atoms with van der Waals surface area (Å²) in [5.74, 6) is 1.12. The number of carbonyl (C=O) groups excluding carboxylic acids is 1. The molecule has 0 atom stereocenters. The molecule has 142 valence electrons. The van der Waals surface area contributed by atoms with Crippen LogP contribution in [0.4, 0.5) is 15.1 Å². The Labute approximate surface area is 155 Å². The summed E-state index contributed by atoms with van der Waals surface area (Å²) in [6.45, 7) is 1.39. The zero-order chi connectivity index (χ0) is 20.0. The van der Waals surface area contributed by atoms with Gasteiger partial charge in [-0.3, -0.25) is 5.32 Å². The molecule has 2 rings (SSSR count). The summed E-state index contributed by atoms with van der Waals surface area (Å²) in [5.41, 5.74) is 0.482. The number of rotatable bonds is 6. The number of ether oxygens (including phenoxy) is 2. The lowest BCUT2D eigenvalue weighted by molar-refractivity contribution is 0.256. The molecule has 0 fully saturated rings. The van der Waals surface area contributed by atoms with Crippen LogP contribution in [-0.2, 0) is 10.0 Å². The Kier molecular flexibility index (Phi) is 6.15. The Morgan fingerprint density at radius 2 is 2.07 bits per heavy atom. The number of methoxy groups -OCH3 is 1. The fraction of sp³-hybridized carbons (Fsp3) is 0.188. The molecule has 2 amide bonds. The molecule has 1 aromatic carbocycles. The lowest BCUT2D eigenvalue weighted by atomic mass is 10.3. The van der Waals surface area contributed by atoms with E-state index < -0.39 is 26.8 Å². The number of halogens is 1. The van der Waals surface area contributed by atoms with Gasteiger partial charge in [-0.25, -0.2) is 27.3 Å². The molecular weight excluding hydrogens is 379 g/mol. The number of nitrogens with one attached hydrogen (secondary N) is 2. The molecule has 11 heteroatoms. The highest BCUT2D eigenvalue weighted by atomic mass is 32.2. The molecule has 0 aliphatic heterocycles. The predicted octanol–water partition coefficient (Wildman–Crippen LogP) is 1.46. The summed E-state index contributed by atoms with van der Waals surface area (Å²) in [4.78, 5) is 19.2. The number of anilines is 1. The summed E-state index contributed by atoms with van der Waals surface area (Å²) in [6, 6.07) is 3.15. The van der Waals surface area contributed by atoms with E-state index in [0.29, 0.717) is 11.8 Å². The van der Waals surface area contributed by atoms with Gasteiger partial charge in [0.2, 0.25) is 11.8 Å². The summed E-state index contributed by atoms with van der Waals surface area (Å²) in [5, 5.41) is 2.16. The zero-order valence-corrected chi connectivity index (χ0v) is 15.1. The minimum Gasteiger partial charge on any atom is -0.481 e. The highest BCUT2D eigenvalue weighted by molar-refractivity contribution is 7.90. The van der Waals surface area contributed by atoms with Gasteiger partial charge in [-0.15, -0.1) is 6.42 Å². The minimum absolute atomic E-state index is 0.177. The quantitative estimate of drug-likeness (QED) is 0.712. The standard InChI is InChI=1S/C16H15FN4O5S/c1-4-7-26-12-6-5-11(17)9-13(12)27(23,24)21-16(22)20-15-18-10(2)8-14(19-15)25-3/h1,5-6,8-9H,7H2,2-3H3,(H2,18,19,20,21,22). The van der Waals surface area contributed by atoms with Gasteiger partial charge in [0, 0.05) is 11.8 Å². The molecule has 0 spiro atoms. The van der Waals surface area contributed by atoms with Crippen LogP contribution in [0.1, 0.15) is 5.69 Å². The van der Waals surface area contributed by atoms with Crippen molar-refractivity contribution >= 4 is 22.0 Å². The van der Waals surface area contributed by atoms with E-state index in [1.165, 1.54) is 13.2 Å². The predicted molar refractivity (Wildman–Crippen MR) is 93.4 cm³/mol. The highest BCUT2D eigenvalue weighted by Crippen LogP contribution is 2.24. The molecule has 0 unspecified atom stereocenters. The van der Waals surface area contributed by atoms with Gasteiger partial charge in [-0.05, 0) is 25.1 Å². The van der Waals surface area contributed by atoms with Crippen molar-refractivity contribution in [2.24, 2.45) is 0 Å². The number of aryl methyl sites for hydroxylation is 1. The summed E-state index contributed by atoms with van der Waals surface area (Å²) >= 11 is 0. The molecule has 0 aliphatic carbocycles. The van der Waals surface area contributed by atoms with Crippen LogP contribution < -0.4 is 19.5 Å². The molecule has 9 nitrogen and oxygen atoms in total. The van der Waals surface area contributed by atoms with Crippen LogP contribution in [0.25, 0.3) is 0 Å². The highest BCUT2D eigenvalue weighted by Gasteiger charge is 2.24. The van der Waals surface area contributed by atoms with E-state index in [0.717, 1.165) is 12.1 Å². The third kappa shape index (κ3) is 5.29. The summed E-state index contributed by atoms with van der Waals surface area (Å²) < 4.78 is 50.1. The molecule has 2 aromatic rings. The van der Waals surface area contributed by atoms with E-state index in [1.807, 2.05) is 0 Å². The first kappa shape index (κ1) is 19.9. The normalized spacial score (nSPS) is 10.6. The van der Waals surface area contributed by atoms with Crippen molar-refractivity contribution in [1.82, 2.24) is 14.7 Å². The first-order valence-electron chi connectivity index (χ1n) is 7.34. The number of aromatic nitrogens is 2. The maximum atomic E-state index is 13.5. The van der Waals surface area contributed by atoms with Gasteiger partial charge in [-0.2, -0.15) is 4.98 Å². The van der Waals surface area contributed by atoms with Crippen molar-refractivity contribution in [2.75, 3.05) is 19.0 Å². The van der Waals surface area contributed by atoms with Crippen LogP contribution in [-0.4, -0.2) is 38.1 Å². The molecule has 27 heavy (non-hydrogen) atoms. The van der Waals surface area contributed by atoms with Crippen molar-refractivity contribution in [3.8, 4) is 24.0 Å². The van der Waals surface area contributed by atoms with E-state index in [9.17, 15) is 17.6 Å². The molecule has 0 saturated carbocycles. The lowest BCUT2D eigenvalue weighted by Crippen LogP contribution is -2.35. The van der Waals surface area contributed by atoms with Crippen LogP contribution in [0.2, 0.25) is 0 Å². The average Bonchev–Trinajstić information content (AvgIpc) is 2.59. The number of nitrogens with zero attached hydrogens (tertiary/aromatic N) is 2. The largest absolute Gasteiger partial charge is 0.481 e. The summed E-state index contributed by atoms with van der Waals surface area (Å²) in [6.07, 6.45) is 5.07. The molecule has 1 aromatic heterocycles. The lowest BCUT2D eigenvalue weighted by Gasteiger charge is -2.12. The monoisotopic (exact) mass is 394 g/mol. The van der Waals surface area contributed by atoms with Crippen LogP contribution >= 0.6 is 0 Å². The number of carbonyl (C=O) groups is 1. The van der Waals surface area contributed by atoms with Gasteiger partial charge < -0.3 is 9.47 Å². The number of sulfonamides is 1. The molecule has 0 aliphatic rings. The molecule has 0 bridgehead atoms. The Morgan fingerprint density at radius 1 is 1.33 bits per heavy atom. The van der Waals surface area contributed by atoms with Gasteiger partial charge in [0.05, 0.1) is 7.11 Å². The number of hydrogen-bond donors (Lipinski definition) is 2. The molecular formula is C16H15FN4O5S. The molecule has 0 radical (unpaired) electrons. The Bertz CT molecular complexity index is 1000.